The first-order valence-corrected chi connectivity index (χ1v) is 6.27. The third-order valence-corrected chi connectivity index (χ3v) is 3.60. The number of rotatable bonds is 4. The normalized spacial score (nSPS) is 25.7. The van der Waals surface area contributed by atoms with Gasteiger partial charge < -0.3 is 10.3 Å². The molecular weight excluding hydrogens is 214 g/mol. The molecule has 0 bridgehead atoms. The van der Waals surface area contributed by atoms with Crippen LogP contribution in [-0.4, -0.2) is 10.1 Å². The molecule has 1 aliphatic rings. The summed E-state index contributed by atoms with van der Waals surface area (Å²) in [6.45, 7) is 2.23. The summed E-state index contributed by atoms with van der Waals surface area (Å²) in [6, 6.07) is -0.329. The highest BCUT2D eigenvalue weighted by atomic mass is 16.5. The second-order valence-electron chi connectivity index (χ2n) is 4.79. The second kappa shape index (κ2) is 5.33. The van der Waals surface area contributed by atoms with Crippen LogP contribution in [0, 0.1) is 18.3 Å². The largest absolute Gasteiger partial charge is 0.338 e. The van der Waals surface area contributed by atoms with Crippen LogP contribution in [0.3, 0.4) is 0 Å². The molecule has 3 unspecified atom stereocenters. The van der Waals surface area contributed by atoms with Crippen molar-refractivity contribution in [1.29, 1.82) is 0 Å². The van der Waals surface area contributed by atoms with Crippen molar-refractivity contribution >= 4 is 0 Å². The first kappa shape index (κ1) is 12.1. The number of nitrogens with zero attached hydrogens (tertiary/aromatic N) is 2. The first-order chi connectivity index (χ1) is 8.24. The Morgan fingerprint density at radius 3 is 3.06 bits per heavy atom. The van der Waals surface area contributed by atoms with Crippen LogP contribution in [0.1, 0.15) is 62.7 Å². The van der Waals surface area contributed by atoms with E-state index in [4.69, 9.17) is 16.7 Å². The second-order valence-corrected chi connectivity index (χ2v) is 4.79. The van der Waals surface area contributed by atoms with Crippen molar-refractivity contribution < 1.29 is 4.52 Å². The molecule has 0 radical (unpaired) electrons. The van der Waals surface area contributed by atoms with Gasteiger partial charge in [0.15, 0.2) is 5.82 Å². The lowest BCUT2D eigenvalue weighted by molar-refractivity contribution is 0.349. The van der Waals surface area contributed by atoms with E-state index < -0.39 is 0 Å². The summed E-state index contributed by atoms with van der Waals surface area (Å²) in [6.07, 6.45) is 10.5. The van der Waals surface area contributed by atoms with E-state index in [9.17, 15) is 0 Å². The maximum atomic E-state index is 5.83. The number of terminal acetylenes is 1. The van der Waals surface area contributed by atoms with Crippen molar-refractivity contribution in [3.05, 3.63) is 11.7 Å². The molecule has 4 heteroatoms. The Bertz CT molecular complexity index is 407. The molecule has 1 aromatic heterocycles. The van der Waals surface area contributed by atoms with Crippen LogP contribution in [0.15, 0.2) is 4.52 Å². The lowest BCUT2D eigenvalue weighted by atomic mass is 10.0. The summed E-state index contributed by atoms with van der Waals surface area (Å²) in [5.41, 5.74) is 5.83. The Hall–Kier alpha value is -1.34. The van der Waals surface area contributed by atoms with Gasteiger partial charge in [0.05, 0.1) is 6.04 Å². The summed E-state index contributed by atoms with van der Waals surface area (Å²) < 4.78 is 5.18. The van der Waals surface area contributed by atoms with Gasteiger partial charge in [-0.25, -0.2) is 0 Å². The summed E-state index contributed by atoms with van der Waals surface area (Å²) in [7, 11) is 0. The molecule has 0 spiro atoms. The first-order valence-electron chi connectivity index (χ1n) is 6.27. The zero-order valence-corrected chi connectivity index (χ0v) is 10.2. The minimum Gasteiger partial charge on any atom is -0.338 e. The standard InChI is InChI=1S/C13H19N3O/c1-3-5-11(14)13-15-12(16-17-13)10-7-6-9(4-2)8-10/h1,9-11H,4-8,14H2,2H3. The SMILES string of the molecule is C#CCC(N)c1nc(C2CCC(CC)C2)no1. The monoisotopic (exact) mass is 233 g/mol. The minimum absolute atomic E-state index is 0.329. The molecule has 0 saturated heterocycles. The summed E-state index contributed by atoms with van der Waals surface area (Å²) in [5.74, 6) is 5.03. The third-order valence-electron chi connectivity index (χ3n) is 3.60. The Labute approximate surface area is 102 Å². The Morgan fingerprint density at radius 1 is 1.59 bits per heavy atom. The van der Waals surface area contributed by atoms with E-state index in [0.717, 1.165) is 18.2 Å². The van der Waals surface area contributed by atoms with Crippen molar-refractivity contribution in [1.82, 2.24) is 10.1 Å². The minimum atomic E-state index is -0.329. The van der Waals surface area contributed by atoms with Crippen molar-refractivity contribution in [3.8, 4) is 12.3 Å². The molecule has 2 N–H and O–H groups in total. The molecule has 0 amide bonds. The summed E-state index contributed by atoms with van der Waals surface area (Å²) in [5, 5.41) is 4.04. The fourth-order valence-corrected chi connectivity index (χ4v) is 2.46. The predicted octanol–water partition coefficient (Wildman–Crippen LogP) is 2.39. The summed E-state index contributed by atoms with van der Waals surface area (Å²) >= 11 is 0. The molecule has 4 nitrogen and oxygen atoms in total. The molecular formula is C13H19N3O. The van der Waals surface area contributed by atoms with E-state index in [1.54, 1.807) is 0 Å². The summed E-state index contributed by atoms with van der Waals surface area (Å²) in [4.78, 5) is 4.38. The van der Waals surface area contributed by atoms with Crippen molar-refractivity contribution in [3.63, 3.8) is 0 Å². The highest BCUT2D eigenvalue weighted by Gasteiger charge is 2.28. The Morgan fingerprint density at radius 2 is 2.41 bits per heavy atom. The van der Waals surface area contributed by atoms with Crippen LogP contribution < -0.4 is 5.73 Å². The third kappa shape index (κ3) is 2.67. The van der Waals surface area contributed by atoms with Gasteiger partial charge >= 0.3 is 0 Å². The quantitative estimate of drug-likeness (QED) is 0.811. The number of hydrogen-bond donors (Lipinski definition) is 1. The Kier molecular flexibility index (Phi) is 3.80. The maximum absolute atomic E-state index is 5.83. The van der Waals surface area contributed by atoms with Gasteiger partial charge in [0, 0.05) is 12.3 Å². The average molecular weight is 233 g/mol. The molecule has 3 atom stereocenters. The zero-order chi connectivity index (χ0) is 12.3. The van der Waals surface area contributed by atoms with Crippen molar-refractivity contribution in [2.24, 2.45) is 11.7 Å². The van der Waals surface area contributed by atoms with Crippen LogP contribution >= 0.6 is 0 Å². The van der Waals surface area contributed by atoms with Crippen LogP contribution in [-0.2, 0) is 0 Å². The van der Waals surface area contributed by atoms with Crippen molar-refractivity contribution in [2.45, 2.75) is 51.0 Å². The molecule has 2 rings (SSSR count). The molecule has 1 aliphatic carbocycles. The number of aromatic nitrogens is 2. The number of hydrogen-bond acceptors (Lipinski definition) is 4. The van der Waals surface area contributed by atoms with Gasteiger partial charge in [-0.05, 0) is 25.2 Å². The smallest absolute Gasteiger partial charge is 0.244 e. The van der Waals surface area contributed by atoms with E-state index in [1.165, 1.54) is 19.3 Å². The molecule has 1 heterocycles. The fraction of sp³-hybridized carbons (Fsp3) is 0.692. The van der Waals surface area contributed by atoms with Gasteiger partial charge in [-0.15, -0.1) is 12.3 Å². The topological polar surface area (TPSA) is 64.9 Å². The van der Waals surface area contributed by atoms with E-state index in [-0.39, 0.29) is 6.04 Å². The zero-order valence-electron chi connectivity index (χ0n) is 10.2. The van der Waals surface area contributed by atoms with Crippen LogP contribution in [0.2, 0.25) is 0 Å². The molecule has 0 aromatic carbocycles. The maximum Gasteiger partial charge on any atom is 0.244 e. The van der Waals surface area contributed by atoms with E-state index >= 15 is 0 Å². The average Bonchev–Trinajstić information content (AvgIpc) is 2.98. The highest BCUT2D eigenvalue weighted by Crippen LogP contribution is 2.38. The number of nitrogens with two attached hydrogens (primary N) is 1. The predicted molar refractivity (Wildman–Crippen MR) is 65.0 cm³/mol. The lowest BCUT2D eigenvalue weighted by Gasteiger charge is -2.04. The molecule has 92 valence electrons. The van der Waals surface area contributed by atoms with Gasteiger partial charge in [-0.3, -0.25) is 0 Å². The molecule has 1 fully saturated rings. The van der Waals surface area contributed by atoms with Crippen molar-refractivity contribution in [2.75, 3.05) is 0 Å². The van der Waals surface area contributed by atoms with Gasteiger partial charge in [0.2, 0.25) is 5.89 Å². The Balaban J connectivity index is 2.01. The molecule has 1 aromatic rings. The van der Waals surface area contributed by atoms with E-state index in [1.807, 2.05) is 0 Å². The molecule has 1 saturated carbocycles. The van der Waals surface area contributed by atoms with E-state index in [0.29, 0.717) is 18.2 Å². The molecule has 0 aliphatic heterocycles. The van der Waals surface area contributed by atoms with Gasteiger partial charge in [-0.2, -0.15) is 4.98 Å². The van der Waals surface area contributed by atoms with Gasteiger partial charge in [-0.1, -0.05) is 18.5 Å². The van der Waals surface area contributed by atoms with Crippen LogP contribution in [0.5, 0.6) is 0 Å². The van der Waals surface area contributed by atoms with Gasteiger partial charge in [0.1, 0.15) is 0 Å². The van der Waals surface area contributed by atoms with Crippen LogP contribution in [0.4, 0.5) is 0 Å². The molecule has 17 heavy (non-hydrogen) atoms. The highest BCUT2D eigenvalue weighted by molar-refractivity contribution is 5.03. The fourth-order valence-electron chi connectivity index (χ4n) is 2.46. The van der Waals surface area contributed by atoms with Crippen LogP contribution in [0.25, 0.3) is 0 Å². The van der Waals surface area contributed by atoms with Gasteiger partial charge in [0.25, 0.3) is 0 Å². The van der Waals surface area contributed by atoms with E-state index in [2.05, 4.69) is 23.0 Å². The lowest BCUT2D eigenvalue weighted by Crippen LogP contribution is -2.09.